The van der Waals surface area contributed by atoms with Gasteiger partial charge < -0.3 is 0 Å². The van der Waals surface area contributed by atoms with Crippen LogP contribution in [0.1, 0.15) is 23.4 Å². The summed E-state index contributed by atoms with van der Waals surface area (Å²) in [5.41, 5.74) is 0.294. The second-order valence-corrected chi connectivity index (χ2v) is 2.89. The van der Waals surface area contributed by atoms with E-state index in [9.17, 15) is 8.78 Å². The van der Waals surface area contributed by atoms with E-state index in [1.165, 1.54) is 12.1 Å². The highest BCUT2D eigenvalue weighted by molar-refractivity contribution is 9.08. The molecule has 0 saturated heterocycles. The van der Waals surface area contributed by atoms with Gasteiger partial charge in [0.25, 0.3) is 6.43 Å². The molecule has 0 spiro atoms. The van der Waals surface area contributed by atoms with Crippen molar-refractivity contribution in [1.29, 1.82) is 5.26 Å². The molecule has 5 heteroatoms. The molecule has 0 aliphatic carbocycles. The molecule has 0 atom stereocenters. The maximum atomic E-state index is 12.2. The van der Waals surface area contributed by atoms with E-state index in [2.05, 4.69) is 20.9 Å². The quantitative estimate of drug-likeness (QED) is 0.753. The Bertz CT molecular complexity index is 346. The first-order valence-electron chi connectivity index (χ1n) is 3.42. The Morgan fingerprint density at radius 1 is 1.54 bits per heavy atom. The van der Waals surface area contributed by atoms with Crippen molar-refractivity contribution in [3.8, 4) is 6.07 Å². The molecule has 1 aromatic heterocycles. The second-order valence-electron chi connectivity index (χ2n) is 2.33. The summed E-state index contributed by atoms with van der Waals surface area (Å²) in [6, 6.07) is 4.48. The number of alkyl halides is 3. The summed E-state index contributed by atoms with van der Waals surface area (Å²) in [5, 5.41) is 8.93. The van der Waals surface area contributed by atoms with E-state index in [1.807, 2.05) is 0 Å². The summed E-state index contributed by atoms with van der Waals surface area (Å²) in [5.74, 6) is 0. The lowest BCUT2D eigenvalue weighted by molar-refractivity contribution is 0.146. The van der Waals surface area contributed by atoms with Gasteiger partial charge in [0.1, 0.15) is 17.5 Å². The first-order chi connectivity index (χ1) is 6.17. The van der Waals surface area contributed by atoms with Crippen molar-refractivity contribution < 1.29 is 8.78 Å². The van der Waals surface area contributed by atoms with Crippen LogP contribution in [0.4, 0.5) is 8.78 Å². The Labute approximate surface area is 82.3 Å². The first kappa shape index (κ1) is 10.1. The SMILES string of the molecule is N#Cc1cc(CBr)cc(C(F)F)n1. The number of nitrogens with zero attached hydrogens (tertiary/aromatic N) is 2. The Morgan fingerprint density at radius 2 is 2.23 bits per heavy atom. The van der Waals surface area contributed by atoms with E-state index in [1.54, 1.807) is 6.07 Å². The molecule has 0 aromatic carbocycles. The van der Waals surface area contributed by atoms with Crippen LogP contribution < -0.4 is 0 Å². The van der Waals surface area contributed by atoms with E-state index in [0.717, 1.165) is 0 Å². The zero-order chi connectivity index (χ0) is 9.84. The average Bonchev–Trinajstić information content (AvgIpc) is 2.16. The molecule has 0 unspecified atom stereocenters. The van der Waals surface area contributed by atoms with Gasteiger partial charge in [0, 0.05) is 5.33 Å². The van der Waals surface area contributed by atoms with Gasteiger partial charge in [-0.2, -0.15) is 5.26 Å². The van der Waals surface area contributed by atoms with Crippen LogP contribution in [-0.4, -0.2) is 4.98 Å². The summed E-state index contributed by atoms with van der Waals surface area (Å²) < 4.78 is 24.4. The fraction of sp³-hybridized carbons (Fsp3) is 0.250. The number of pyridine rings is 1. The van der Waals surface area contributed by atoms with Crippen molar-refractivity contribution in [2.45, 2.75) is 11.8 Å². The number of aromatic nitrogens is 1. The molecule has 0 amide bonds. The van der Waals surface area contributed by atoms with E-state index >= 15 is 0 Å². The number of hydrogen-bond donors (Lipinski definition) is 0. The third-order valence-electron chi connectivity index (χ3n) is 1.40. The Balaban J connectivity index is 3.17. The minimum absolute atomic E-state index is 0.0206. The van der Waals surface area contributed by atoms with Crippen molar-refractivity contribution in [3.05, 3.63) is 29.1 Å². The molecule has 2 nitrogen and oxygen atoms in total. The maximum absolute atomic E-state index is 12.2. The highest BCUT2D eigenvalue weighted by Crippen LogP contribution is 2.19. The first-order valence-corrected chi connectivity index (χ1v) is 4.54. The Kier molecular flexibility index (Phi) is 3.32. The molecule has 0 saturated carbocycles. The van der Waals surface area contributed by atoms with E-state index in [4.69, 9.17) is 5.26 Å². The highest BCUT2D eigenvalue weighted by atomic mass is 79.9. The fourth-order valence-electron chi connectivity index (χ4n) is 0.857. The van der Waals surface area contributed by atoms with Gasteiger partial charge in [0.05, 0.1) is 0 Å². The molecular weight excluding hydrogens is 242 g/mol. The standard InChI is InChI=1S/C8H5BrF2N2/c9-3-5-1-6(4-12)13-7(2-5)8(10)11/h1-2,8H,3H2. The van der Waals surface area contributed by atoms with Crippen molar-refractivity contribution in [2.24, 2.45) is 0 Å². The van der Waals surface area contributed by atoms with Gasteiger partial charge in [-0.05, 0) is 17.7 Å². The van der Waals surface area contributed by atoms with Crippen LogP contribution in [0, 0.1) is 11.3 Å². The lowest BCUT2D eigenvalue weighted by atomic mass is 10.2. The molecule has 1 aromatic rings. The monoisotopic (exact) mass is 246 g/mol. The topological polar surface area (TPSA) is 36.7 Å². The van der Waals surface area contributed by atoms with Crippen molar-refractivity contribution in [3.63, 3.8) is 0 Å². The third-order valence-corrected chi connectivity index (χ3v) is 2.04. The molecule has 0 bridgehead atoms. The van der Waals surface area contributed by atoms with Crippen LogP contribution in [-0.2, 0) is 5.33 Å². The van der Waals surface area contributed by atoms with Crippen molar-refractivity contribution in [2.75, 3.05) is 0 Å². The van der Waals surface area contributed by atoms with Crippen LogP contribution in [0.3, 0.4) is 0 Å². The summed E-state index contributed by atoms with van der Waals surface area (Å²) in [6.45, 7) is 0. The van der Waals surface area contributed by atoms with E-state index < -0.39 is 6.43 Å². The predicted molar refractivity (Wildman–Crippen MR) is 46.5 cm³/mol. The van der Waals surface area contributed by atoms with Crippen molar-refractivity contribution >= 4 is 15.9 Å². The van der Waals surface area contributed by atoms with E-state index in [-0.39, 0.29) is 11.4 Å². The van der Waals surface area contributed by atoms with Crippen LogP contribution >= 0.6 is 15.9 Å². The number of nitriles is 1. The van der Waals surface area contributed by atoms with Gasteiger partial charge in [-0.25, -0.2) is 13.8 Å². The molecule has 0 N–H and O–H groups in total. The number of hydrogen-bond acceptors (Lipinski definition) is 2. The molecule has 1 rings (SSSR count). The normalized spacial score (nSPS) is 10.1. The second kappa shape index (κ2) is 4.28. The summed E-state index contributed by atoms with van der Waals surface area (Å²) >= 11 is 3.12. The number of rotatable bonds is 2. The van der Waals surface area contributed by atoms with Crippen LogP contribution in [0.2, 0.25) is 0 Å². The zero-order valence-corrected chi connectivity index (χ0v) is 8.05. The third kappa shape index (κ3) is 2.46. The fourth-order valence-corrected chi connectivity index (χ4v) is 1.18. The molecule has 13 heavy (non-hydrogen) atoms. The summed E-state index contributed by atoms with van der Waals surface area (Å²) in [7, 11) is 0. The van der Waals surface area contributed by atoms with Crippen LogP contribution in [0.15, 0.2) is 12.1 Å². The Morgan fingerprint density at radius 3 is 2.69 bits per heavy atom. The zero-order valence-electron chi connectivity index (χ0n) is 6.47. The molecule has 0 fully saturated rings. The minimum Gasteiger partial charge on any atom is -0.236 e. The molecular formula is C8H5BrF2N2. The van der Waals surface area contributed by atoms with Gasteiger partial charge in [-0.15, -0.1) is 0 Å². The van der Waals surface area contributed by atoms with Crippen LogP contribution in [0.25, 0.3) is 0 Å². The van der Waals surface area contributed by atoms with Crippen molar-refractivity contribution in [1.82, 2.24) is 4.98 Å². The van der Waals surface area contributed by atoms with Gasteiger partial charge >= 0.3 is 0 Å². The molecule has 0 radical (unpaired) electrons. The predicted octanol–water partition coefficient (Wildman–Crippen LogP) is 2.79. The van der Waals surface area contributed by atoms with Gasteiger partial charge in [0.2, 0.25) is 0 Å². The lowest BCUT2D eigenvalue weighted by Crippen LogP contribution is -1.95. The largest absolute Gasteiger partial charge is 0.280 e. The molecule has 0 aliphatic rings. The molecule has 1 heterocycles. The van der Waals surface area contributed by atoms with E-state index in [0.29, 0.717) is 10.9 Å². The van der Waals surface area contributed by atoms with Gasteiger partial charge in [-0.1, -0.05) is 15.9 Å². The average molecular weight is 247 g/mol. The number of halogens is 3. The summed E-state index contributed by atoms with van der Waals surface area (Å²) in [6.07, 6.45) is -2.63. The maximum Gasteiger partial charge on any atom is 0.280 e. The molecule has 0 aliphatic heterocycles. The molecule has 68 valence electrons. The highest BCUT2D eigenvalue weighted by Gasteiger charge is 2.10. The van der Waals surface area contributed by atoms with Crippen LogP contribution in [0.5, 0.6) is 0 Å². The Hall–Kier alpha value is -1.02. The lowest BCUT2D eigenvalue weighted by Gasteiger charge is -2.01. The minimum atomic E-state index is -2.63. The van der Waals surface area contributed by atoms with Gasteiger partial charge in [-0.3, -0.25) is 0 Å². The van der Waals surface area contributed by atoms with Gasteiger partial charge in [0.15, 0.2) is 0 Å². The summed E-state index contributed by atoms with van der Waals surface area (Å²) in [4.78, 5) is 3.47. The smallest absolute Gasteiger partial charge is 0.236 e.